The van der Waals surface area contributed by atoms with E-state index in [1.165, 1.54) is 0 Å². The molecule has 0 unspecified atom stereocenters. The highest BCUT2D eigenvalue weighted by atomic mass is 32.2. The minimum Gasteiger partial charge on any atom is -0.384 e. The van der Waals surface area contributed by atoms with Crippen molar-refractivity contribution in [1.82, 2.24) is 34.2 Å². The van der Waals surface area contributed by atoms with E-state index >= 15 is 0 Å². The van der Waals surface area contributed by atoms with Gasteiger partial charge in [-0.25, -0.2) is 24.9 Å². The average Bonchev–Trinajstić information content (AvgIpc) is 3.72. The van der Waals surface area contributed by atoms with Crippen LogP contribution in [0.1, 0.15) is 62.8 Å². The molecule has 278 valence electrons. The quantitative estimate of drug-likeness (QED) is 0.221. The number of halogens is 3. The number of aromatic amines is 1. The molecule has 3 aliphatic rings. The maximum Gasteiger partial charge on any atom is 0.433 e. The number of pyridine rings is 2. The first-order valence-electron chi connectivity index (χ1n) is 17.2. The number of carbonyl (C=O) groups is 1. The largest absolute Gasteiger partial charge is 0.433 e. The van der Waals surface area contributed by atoms with Crippen LogP contribution in [0.5, 0.6) is 0 Å². The van der Waals surface area contributed by atoms with Crippen LogP contribution in [-0.2, 0) is 30.2 Å². The maximum absolute atomic E-state index is 14.0. The number of anilines is 2. The number of carbonyl (C=O) groups excluding carboxylic acids is 1. The van der Waals surface area contributed by atoms with Gasteiger partial charge in [-0.15, -0.1) is 0 Å². The first-order chi connectivity index (χ1) is 24.7. The van der Waals surface area contributed by atoms with Gasteiger partial charge in [0.15, 0.2) is 11.5 Å². The van der Waals surface area contributed by atoms with Crippen molar-refractivity contribution in [3.63, 3.8) is 0 Å². The zero-order valence-corrected chi connectivity index (χ0v) is 29.9. The van der Waals surface area contributed by atoms with Gasteiger partial charge in [0.2, 0.25) is 0 Å². The van der Waals surface area contributed by atoms with Gasteiger partial charge in [-0.1, -0.05) is 12.8 Å². The van der Waals surface area contributed by atoms with E-state index in [1.54, 1.807) is 25.6 Å². The van der Waals surface area contributed by atoms with E-state index in [-0.39, 0.29) is 24.4 Å². The topological polar surface area (TPSA) is 160 Å². The number of ether oxygens (including phenoxy) is 1. The van der Waals surface area contributed by atoms with Gasteiger partial charge in [-0.3, -0.25) is 4.79 Å². The third-order valence-electron chi connectivity index (χ3n) is 9.95. The highest BCUT2D eigenvalue weighted by molar-refractivity contribution is 7.84. The molecule has 0 radical (unpaired) electrons. The Labute approximate surface area is 299 Å². The first-order valence-corrected chi connectivity index (χ1v) is 18.6. The Morgan fingerprint density at radius 1 is 1.02 bits per heavy atom. The summed E-state index contributed by atoms with van der Waals surface area (Å²) in [5.74, 6) is -0.00380. The number of aromatic nitrogens is 6. The standard InChI is InChI=1S/C34H40F3N9O5S/c1-21(47)51-52(48,49)46-12-10-45(11-13-46)29-18-38-26(17-39-29)31-42-30-27(44(2)19-33(20-50-3)8-4-5-9-33)16-25(41-32(30)43-31)23-14-24(22-6-7-22)40-28(15-23)34(35,36)37/h14-18,22H,4-13,19-20H2,1-3H3,(H,41,42,43). The summed E-state index contributed by atoms with van der Waals surface area (Å²) >= 11 is 0. The predicted octanol–water partition coefficient (Wildman–Crippen LogP) is 4.95. The molecule has 18 heteroatoms. The van der Waals surface area contributed by atoms with Gasteiger partial charge in [0.05, 0.1) is 30.4 Å². The summed E-state index contributed by atoms with van der Waals surface area (Å²) in [5, 5.41) is 0. The number of nitrogens with zero attached hydrogens (tertiary/aromatic N) is 8. The minimum atomic E-state index is -4.61. The van der Waals surface area contributed by atoms with Crippen molar-refractivity contribution >= 4 is 38.9 Å². The summed E-state index contributed by atoms with van der Waals surface area (Å²) in [5.41, 5.74) is 2.14. The number of rotatable bonds is 11. The predicted molar refractivity (Wildman–Crippen MR) is 186 cm³/mol. The number of methoxy groups -OCH3 is 1. The molecule has 0 atom stereocenters. The zero-order valence-electron chi connectivity index (χ0n) is 29.1. The Bertz CT molecular complexity index is 2060. The molecular formula is C34H40F3N9O5S. The number of H-pyrrole nitrogens is 1. The number of fused-ring (bicyclic) bond motifs is 1. The van der Waals surface area contributed by atoms with Crippen molar-refractivity contribution in [3.05, 3.63) is 42.0 Å². The normalized spacial score (nSPS) is 18.2. The molecule has 2 saturated carbocycles. The van der Waals surface area contributed by atoms with Crippen LogP contribution in [0.3, 0.4) is 0 Å². The molecule has 0 spiro atoms. The van der Waals surface area contributed by atoms with Crippen LogP contribution < -0.4 is 9.80 Å². The van der Waals surface area contributed by atoms with Crippen LogP contribution in [0.4, 0.5) is 24.7 Å². The lowest BCUT2D eigenvalue weighted by atomic mass is 9.86. The lowest BCUT2D eigenvalue weighted by molar-refractivity contribution is -0.141. The highest BCUT2D eigenvalue weighted by Crippen LogP contribution is 2.44. The van der Waals surface area contributed by atoms with Crippen molar-refractivity contribution in [2.45, 2.75) is 57.5 Å². The monoisotopic (exact) mass is 743 g/mol. The molecule has 0 aromatic carbocycles. The van der Waals surface area contributed by atoms with Gasteiger partial charge in [0, 0.05) is 76.4 Å². The van der Waals surface area contributed by atoms with Gasteiger partial charge in [0.1, 0.15) is 22.7 Å². The molecule has 1 saturated heterocycles. The second-order valence-corrected chi connectivity index (χ2v) is 15.5. The Morgan fingerprint density at radius 2 is 1.75 bits per heavy atom. The van der Waals surface area contributed by atoms with E-state index < -0.39 is 28.1 Å². The van der Waals surface area contributed by atoms with Crippen LogP contribution in [0.25, 0.3) is 33.9 Å². The second kappa shape index (κ2) is 13.9. The summed E-state index contributed by atoms with van der Waals surface area (Å²) < 4.78 is 77.8. The maximum atomic E-state index is 14.0. The van der Waals surface area contributed by atoms with Gasteiger partial charge >= 0.3 is 22.4 Å². The van der Waals surface area contributed by atoms with E-state index in [9.17, 15) is 26.4 Å². The molecule has 14 nitrogen and oxygen atoms in total. The van der Waals surface area contributed by atoms with E-state index in [4.69, 9.17) is 14.7 Å². The molecule has 2 aliphatic carbocycles. The molecule has 7 rings (SSSR count). The van der Waals surface area contributed by atoms with Crippen LogP contribution in [0.15, 0.2) is 30.6 Å². The second-order valence-electron chi connectivity index (χ2n) is 13.9. The van der Waals surface area contributed by atoms with Gasteiger partial charge in [-0.2, -0.15) is 25.9 Å². The summed E-state index contributed by atoms with van der Waals surface area (Å²) in [4.78, 5) is 41.2. The summed E-state index contributed by atoms with van der Waals surface area (Å²) in [6.45, 7) is 3.10. The van der Waals surface area contributed by atoms with Gasteiger partial charge < -0.3 is 23.7 Å². The van der Waals surface area contributed by atoms with E-state index in [0.29, 0.717) is 71.7 Å². The molecule has 5 heterocycles. The lowest BCUT2D eigenvalue weighted by Gasteiger charge is -2.34. The molecule has 4 aromatic heterocycles. The minimum absolute atomic E-state index is 0.000569. The summed E-state index contributed by atoms with van der Waals surface area (Å²) in [7, 11) is -0.498. The highest BCUT2D eigenvalue weighted by Gasteiger charge is 2.37. The van der Waals surface area contributed by atoms with E-state index in [1.807, 2.05) is 18.0 Å². The Balaban J connectivity index is 1.22. The van der Waals surface area contributed by atoms with Crippen molar-refractivity contribution < 1.29 is 35.3 Å². The molecule has 0 bridgehead atoms. The van der Waals surface area contributed by atoms with Crippen LogP contribution in [-0.4, -0.2) is 102 Å². The molecule has 3 fully saturated rings. The van der Waals surface area contributed by atoms with Crippen LogP contribution >= 0.6 is 0 Å². The molecule has 0 amide bonds. The SMILES string of the molecule is COCC1(CN(C)c2cc(-c3cc(C4CC4)nc(C(F)(F)F)c3)nc3nc(-c4cnc(N5CCN(S(=O)(=O)OC(C)=O)CC5)cn4)[nH]c23)CCCC1. The number of piperazine rings is 1. The fourth-order valence-corrected chi connectivity index (χ4v) is 8.30. The van der Waals surface area contributed by atoms with Crippen LogP contribution in [0, 0.1) is 5.41 Å². The molecule has 1 aliphatic heterocycles. The fraction of sp³-hybridized carbons (Fsp3) is 0.529. The average molecular weight is 744 g/mol. The number of imidazole rings is 1. The third-order valence-corrected chi connectivity index (χ3v) is 11.4. The molecular weight excluding hydrogens is 703 g/mol. The van der Waals surface area contributed by atoms with Crippen molar-refractivity contribution in [3.8, 4) is 22.8 Å². The van der Waals surface area contributed by atoms with Gasteiger partial charge in [-0.05, 0) is 43.9 Å². The number of hydrogen-bond acceptors (Lipinski definition) is 12. The third kappa shape index (κ3) is 7.54. The Kier molecular flexibility index (Phi) is 9.58. The summed E-state index contributed by atoms with van der Waals surface area (Å²) in [6.07, 6.45) is 4.30. The Morgan fingerprint density at radius 3 is 2.37 bits per heavy atom. The lowest BCUT2D eigenvalue weighted by Crippen LogP contribution is -2.49. The number of alkyl halides is 3. The Hall–Kier alpha value is -4.42. The number of nitrogens with one attached hydrogen (secondary N) is 1. The van der Waals surface area contributed by atoms with Crippen molar-refractivity contribution in [1.29, 1.82) is 0 Å². The van der Waals surface area contributed by atoms with Crippen molar-refractivity contribution in [2.24, 2.45) is 5.41 Å². The van der Waals surface area contributed by atoms with Gasteiger partial charge in [0.25, 0.3) is 0 Å². The van der Waals surface area contributed by atoms with E-state index in [2.05, 4.69) is 29.0 Å². The fourth-order valence-electron chi connectivity index (χ4n) is 7.29. The van der Waals surface area contributed by atoms with Crippen molar-refractivity contribution in [2.75, 3.05) is 63.3 Å². The van der Waals surface area contributed by atoms with Crippen LogP contribution in [0.2, 0.25) is 0 Å². The summed E-state index contributed by atoms with van der Waals surface area (Å²) in [6, 6.07) is 4.57. The molecule has 1 N–H and O–H groups in total. The number of hydrogen-bond donors (Lipinski definition) is 1. The van der Waals surface area contributed by atoms with E-state index in [0.717, 1.165) is 61.5 Å². The smallest absolute Gasteiger partial charge is 0.384 e. The first kappa shape index (κ1) is 36.0. The molecule has 4 aromatic rings. The molecule has 52 heavy (non-hydrogen) atoms. The zero-order chi connectivity index (χ0) is 36.8.